The fourth-order valence-electron chi connectivity index (χ4n) is 4.31. The minimum Gasteiger partial charge on any atom is -0.357 e. The van der Waals surface area contributed by atoms with Gasteiger partial charge in [-0.05, 0) is 42.7 Å². The van der Waals surface area contributed by atoms with Gasteiger partial charge in [-0.25, -0.2) is 0 Å². The fourth-order valence-corrected chi connectivity index (χ4v) is 4.31. The fraction of sp³-hybridized carbons (Fsp3) is 0.200. The molecule has 2 aromatic carbocycles. The Labute approximate surface area is 170 Å². The first-order valence-electron chi connectivity index (χ1n) is 10.1. The van der Waals surface area contributed by atoms with Crippen molar-refractivity contribution in [3.8, 4) is 0 Å². The van der Waals surface area contributed by atoms with Gasteiger partial charge in [0.15, 0.2) is 5.78 Å². The van der Waals surface area contributed by atoms with E-state index in [0.717, 1.165) is 17.7 Å². The lowest BCUT2D eigenvalue weighted by molar-refractivity contribution is 0.0992. The highest BCUT2D eigenvalue weighted by Crippen LogP contribution is 2.35. The van der Waals surface area contributed by atoms with Crippen LogP contribution in [0.2, 0.25) is 0 Å². The molecule has 3 heterocycles. The molecule has 2 aromatic heterocycles. The van der Waals surface area contributed by atoms with Crippen molar-refractivity contribution in [3.05, 3.63) is 101 Å². The monoisotopic (exact) mass is 381 g/mol. The van der Waals surface area contributed by atoms with E-state index in [-0.39, 0.29) is 11.8 Å². The first-order valence-corrected chi connectivity index (χ1v) is 10.1. The number of hydrogen-bond acceptors (Lipinski definition) is 3. The van der Waals surface area contributed by atoms with Gasteiger partial charge in [0.25, 0.3) is 0 Å². The van der Waals surface area contributed by atoms with Gasteiger partial charge in [0, 0.05) is 40.1 Å². The Kier molecular flexibility index (Phi) is 4.49. The molecule has 0 aliphatic carbocycles. The molecule has 0 unspecified atom stereocenters. The molecule has 4 heteroatoms. The summed E-state index contributed by atoms with van der Waals surface area (Å²) in [4.78, 5) is 20.5. The molecule has 0 spiro atoms. The van der Waals surface area contributed by atoms with Crippen molar-refractivity contribution in [2.45, 2.75) is 31.8 Å². The van der Waals surface area contributed by atoms with Crippen molar-refractivity contribution in [1.29, 1.82) is 0 Å². The Balaban J connectivity index is 1.44. The molecule has 0 fully saturated rings. The molecule has 2 atom stereocenters. The number of nitrogens with zero attached hydrogens (tertiary/aromatic N) is 1. The largest absolute Gasteiger partial charge is 0.357 e. The molecule has 4 nitrogen and oxygen atoms in total. The lowest BCUT2D eigenvalue weighted by Gasteiger charge is -2.30. The SMILES string of the molecule is C[C@H]1Cc2c([nH]c3ccccc23)[C@@H](c2ccc(C(=O)Cc3ccccn3)cc2)N1. The summed E-state index contributed by atoms with van der Waals surface area (Å²) in [5.74, 6) is 0.0894. The number of pyridine rings is 1. The van der Waals surface area contributed by atoms with Crippen molar-refractivity contribution in [3.63, 3.8) is 0 Å². The second kappa shape index (κ2) is 7.30. The van der Waals surface area contributed by atoms with Crippen molar-refractivity contribution in [2.75, 3.05) is 0 Å². The third-order valence-corrected chi connectivity index (χ3v) is 5.73. The molecule has 2 N–H and O–H groups in total. The second-order valence-corrected chi connectivity index (χ2v) is 7.81. The number of H-pyrrole nitrogens is 1. The number of rotatable bonds is 4. The quantitative estimate of drug-likeness (QED) is 0.508. The molecule has 0 saturated heterocycles. The third-order valence-electron chi connectivity index (χ3n) is 5.73. The second-order valence-electron chi connectivity index (χ2n) is 7.81. The van der Waals surface area contributed by atoms with Crippen LogP contribution in [0.25, 0.3) is 10.9 Å². The first-order chi connectivity index (χ1) is 14.2. The van der Waals surface area contributed by atoms with Crippen LogP contribution in [0.4, 0.5) is 0 Å². The molecule has 0 saturated carbocycles. The maximum atomic E-state index is 12.6. The van der Waals surface area contributed by atoms with E-state index >= 15 is 0 Å². The van der Waals surface area contributed by atoms with Gasteiger partial charge in [-0.1, -0.05) is 48.5 Å². The number of aromatic amines is 1. The predicted molar refractivity (Wildman–Crippen MR) is 115 cm³/mol. The summed E-state index contributed by atoms with van der Waals surface area (Å²) >= 11 is 0. The van der Waals surface area contributed by atoms with Crippen LogP contribution in [0.5, 0.6) is 0 Å². The lowest BCUT2D eigenvalue weighted by atomic mass is 9.90. The maximum Gasteiger partial charge on any atom is 0.168 e. The zero-order valence-electron chi connectivity index (χ0n) is 16.4. The number of Topliss-reactive ketones (excluding diaryl/α,β-unsaturated/α-hetero) is 1. The zero-order valence-corrected chi connectivity index (χ0v) is 16.4. The van der Waals surface area contributed by atoms with Crippen molar-refractivity contribution < 1.29 is 4.79 Å². The molecular formula is C25H23N3O. The van der Waals surface area contributed by atoms with Crippen LogP contribution in [-0.2, 0) is 12.8 Å². The molecule has 0 amide bonds. The highest BCUT2D eigenvalue weighted by Gasteiger charge is 2.28. The Morgan fingerprint density at radius 3 is 2.62 bits per heavy atom. The van der Waals surface area contributed by atoms with E-state index < -0.39 is 0 Å². The number of hydrogen-bond donors (Lipinski definition) is 2. The number of para-hydroxylation sites is 1. The van der Waals surface area contributed by atoms with E-state index in [1.807, 2.05) is 30.3 Å². The molecule has 0 bridgehead atoms. The summed E-state index contributed by atoms with van der Waals surface area (Å²) in [6.45, 7) is 2.22. The van der Waals surface area contributed by atoms with Crippen LogP contribution in [0.3, 0.4) is 0 Å². The topological polar surface area (TPSA) is 57.8 Å². The Bertz CT molecular complexity index is 1160. The summed E-state index contributed by atoms with van der Waals surface area (Å²) in [7, 11) is 0. The molecular weight excluding hydrogens is 358 g/mol. The van der Waals surface area contributed by atoms with E-state index in [9.17, 15) is 4.79 Å². The smallest absolute Gasteiger partial charge is 0.168 e. The number of aromatic nitrogens is 2. The number of nitrogens with one attached hydrogen (secondary N) is 2. The van der Waals surface area contributed by atoms with Gasteiger partial charge in [-0.3, -0.25) is 9.78 Å². The summed E-state index contributed by atoms with van der Waals surface area (Å²) in [6, 6.07) is 22.6. The minimum absolute atomic E-state index is 0.0894. The Morgan fingerprint density at radius 2 is 1.83 bits per heavy atom. The van der Waals surface area contributed by atoms with E-state index in [1.165, 1.54) is 27.7 Å². The van der Waals surface area contributed by atoms with Crippen molar-refractivity contribution >= 4 is 16.7 Å². The van der Waals surface area contributed by atoms with Gasteiger partial charge in [-0.15, -0.1) is 0 Å². The summed E-state index contributed by atoms with van der Waals surface area (Å²) in [6.07, 6.45) is 3.06. The van der Waals surface area contributed by atoms with Crippen molar-refractivity contribution in [1.82, 2.24) is 15.3 Å². The van der Waals surface area contributed by atoms with Crippen LogP contribution < -0.4 is 5.32 Å². The first kappa shape index (κ1) is 17.8. The Hall–Kier alpha value is -3.24. The molecule has 1 aliphatic rings. The number of benzene rings is 2. The summed E-state index contributed by atoms with van der Waals surface area (Å²) in [5.41, 5.74) is 6.50. The van der Waals surface area contributed by atoms with Crippen LogP contribution in [-0.4, -0.2) is 21.8 Å². The highest BCUT2D eigenvalue weighted by molar-refractivity contribution is 5.97. The summed E-state index contributed by atoms with van der Waals surface area (Å²) < 4.78 is 0. The van der Waals surface area contributed by atoms with Gasteiger partial charge in [-0.2, -0.15) is 0 Å². The van der Waals surface area contributed by atoms with E-state index in [4.69, 9.17) is 0 Å². The molecule has 29 heavy (non-hydrogen) atoms. The van der Waals surface area contributed by atoms with Crippen LogP contribution in [0.15, 0.2) is 72.9 Å². The Morgan fingerprint density at radius 1 is 1.03 bits per heavy atom. The van der Waals surface area contributed by atoms with Gasteiger partial charge in [0.2, 0.25) is 0 Å². The maximum absolute atomic E-state index is 12.6. The molecule has 144 valence electrons. The lowest BCUT2D eigenvalue weighted by Crippen LogP contribution is -2.37. The molecule has 4 aromatic rings. The molecule has 0 radical (unpaired) electrons. The van der Waals surface area contributed by atoms with Gasteiger partial charge >= 0.3 is 0 Å². The van der Waals surface area contributed by atoms with Crippen LogP contribution in [0.1, 0.15) is 45.8 Å². The van der Waals surface area contributed by atoms with Crippen LogP contribution in [0, 0.1) is 0 Å². The van der Waals surface area contributed by atoms with E-state index in [1.54, 1.807) is 6.20 Å². The van der Waals surface area contributed by atoms with Gasteiger partial charge in [0.1, 0.15) is 0 Å². The number of fused-ring (bicyclic) bond motifs is 3. The normalized spacial score (nSPS) is 18.5. The average Bonchev–Trinajstić information content (AvgIpc) is 3.12. The van der Waals surface area contributed by atoms with E-state index in [0.29, 0.717) is 12.5 Å². The van der Waals surface area contributed by atoms with E-state index in [2.05, 4.69) is 58.6 Å². The molecule has 1 aliphatic heterocycles. The summed E-state index contributed by atoms with van der Waals surface area (Å²) in [5, 5.41) is 5.02. The number of ketones is 1. The van der Waals surface area contributed by atoms with Crippen molar-refractivity contribution in [2.24, 2.45) is 0 Å². The number of carbonyl (C=O) groups is 1. The predicted octanol–water partition coefficient (Wildman–Crippen LogP) is 4.61. The average molecular weight is 381 g/mol. The van der Waals surface area contributed by atoms with Gasteiger partial charge in [0.05, 0.1) is 12.5 Å². The highest BCUT2D eigenvalue weighted by atomic mass is 16.1. The third kappa shape index (κ3) is 3.36. The van der Waals surface area contributed by atoms with Crippen LogP contribution >= 0.6 is 0 Å². The van der Waals surface area contributed by atoms with Gasteiger partial charge < -0.3 is 10.3 Å². The molecule has 5 rings (SSSR count). The number of carbonyl (C=O) groups excluding carboxylic acids is 1. The zero-order chi connectivity index (χ0) is 19.8. The minimum atomic E-state index is 0.0894. The standard InChI is InChI=1S/C25H23N3O/c1-16-14-21-20-7-2-3-8-22(20)28-25(21)24(27-16)18-11-9-17(10-12-18)23(29)15-19-6-4-5-13-26-19/h2-13,16,24,27-28H,14-15H2,1H3/t16-,24+/m0/s1.